The quantitative estimate of drug-likeness (QED) is 0.430. The third kappa shape index (κ3) is 0.873. The second-order valence-corrected chi connectivity index (χ2v) is 2.75. The summed E-state index contributed by atoms with van der Waals surface area (Å²) < 4.78 is 38.1. The summed E-state index contributed by atoms with van der Waals surface area (Å²) >= 11 is 0. The predicted octanol–water partition coefficient (Wildman–Crippen LogP) is 2.53. The fourth-order valence-corrected chi connectivity index (χ4v) is 1.33. The maximum absolute atomic E-state index is 12.8. The van der Waals surface area contributed by atoms with E-state index in [1.54, 1.807) is 6.07 Å². The van der Waals surface area contributed by atoms with Gasteiger partial charge in [0, 0.05) is 0 Å². The first kappa shape index (κ1) is 7.46. The Kier molecular flexibility index (Phi) is 1.34. The zero-order valence-electron chi connectivity index (χ0n) is 6.10. The predicted molar refractivity (Wildman–Crippen MR) is 38.7 cm³/mol. The van der Waals surface area contributed by atoms with Gasteiger partial charge in [-0.05, 0) is 11.6 Å². The average molecular weight is 173 g/mol. The van der Waals surface area contributed by atoms with Crippen LogP contribution in [0.5, 0.6) is 0 Å². The van der Waals surface area contributed by atoms with Crippen LogP contribution in [0.15, 0.2) is 24.3 Å². The third-order valence-electron chi connectivity index (χ3n) is 1.89. The molecule has 1 aromatic rings. The molecule has 0 aliphatic carbocycles. The van der Waals surface area contributed by atoms with Crippen molar-refractivity contribution >= 4 is 5.69 Å². The number of benzene rings is 1. The summed E-state index contributed by atoms with van der Waals surface area (Å²) in [6, 6.07) is 2.63. The summed E-state index contributed by atoms with van der Waals surface area (Å²) in [5.74, 6) is 0. The molecule has 1 nitrogen and oxygen atoms in total. The maximum Gasteiger partial charge on any atom is 0.355 e. The number of anilines is 1. The first-order valence-electron chi connectivity index (χ1n) is 3.53. The highest BCUT2D eigenvalue weighted by atomic mass is 19.3. The van der Waals surface area contributed by atoms with E-state index >= 15 is 0 Å². The largest absolute Gasteiger partial charge is 0.355 e. The molecule has 0 N–H and O–H groups in total. The van der Waals surface area contributed by atoms with Gasteiger partial charge in [-0.1, -0.05) is 22.7 Å². The lowest BCUT2D eigenvalue weighted by atomic mass is 10.2. The zero-order chi connectivity index (χ0) is 8.77. The van der Waals surface area contributed by atoms with Crippen LogP contribution in [-0.2, 0) is 6.42 Å². The molecule has 0 saturated carbocycles. The number of alkyl halides is 2. The summed E-state index contributed by atoms with van der Waals surface area (Å²) in [4.78, 5) is 0. The third-order valence-corrected chi connectivity index (χ3v) is 1.89. The van der Waals surface area contributed by atoms with E-state index in [-0.39, 0.29) is 5.69 Å². The fourth-order valence-electron chi connectivity index (χ4n) is 1.33. The minimum Gasteiger partial charge on any atom is -0.180 e. The molecule has 0 unspecified atom stereocenters. The van der Waals surface area contributed by atoms with Gasteiger partial charge >= 0.3 is 6.05 Å². The highest BCUT2D eigenvalue weighted by Gasteiger charge is 2.45. The molecule has 64 valence electrons. The topological polar surface area (TPSA) is 3.24 Å². The Morgan fingerprint density at radius 3 is 2.58 bits per heavy atom. The first-order chi connectivity index (χ1) is 5.61. The van der Waals surface area contributed by atoms with Gasteiger partial charge in [0.25, 0.3) is 0 Å². The van der Waals surface area contributed by atoms with Crippen LogP contribution in [0, 0.1) is 0 Å². The van der Waals surface area contributed by atoms with E-state index in [9.17, 15) is 13.3 Å². The van der Waals surface area contributed by atoms with Crippen LogP contribution in [0.25, 0.3) is 0 Å². The number of rotatable bonds is 0. The first-order valence-corrected chi connectivity index (χ1v) is 3.53. The van der Waals surface area contributed by atoms with Gasteiger partial charge in [0.2, 0.25) is 0 Å². The Hall–Kier alpha value is -1.19. The molecule has 0 spiro atoms. The summed E-state index contributed by atoms with van der Waals surface area (Å²) in [6.45, 7) is 0. The molecule has 0 bridgehead atoms. The molecule has 0 amide bonds. The zero-order valence-corrected chi connectivity index (χ0v) is 6.10. The number of fused-ring (bicyclic) bond motifs is 1. The molecule has 0 aromatic heterocycles. The van der Waals surface area contributed by atoms with Crippen LogP contribution >= 0.6 is 0 Å². The fraction of sp³-hybridized carbons (Fsp3) is 0.250. The van der Waals surface area contributed by atoms with Crippen molar-refractivity contribution in [2.75, 3.05) is 5.12 Å². The molecular weight excluding hydrogens is 167 g/mol. The number of para-hydroxylation sites is 1. The van der Waals surface area contributed by atoms with Gasteiger partial charge in [-0.25, -0.2) is 0 Å². The highest BCUT2D eigenvalue weighted by Crippen LogP contribution is 2.40. The number of halogens is 3. The van der Waals surface area contributed by atoms with Crippen LogP contribution in [0.4, 0.5) is 18.9 Å². The van der Waals surface area contributed by atoms with Gasteiger partial charge < -0.3 is 0 Å². The van der Waals surface area contributed by atoms with E-state index in [1.165, 1.54) is 18.2 Å². The van der Waals surface area contributed by atoms with Crippen molar-refractivity contribution in [3.63, 3.8) is 0 Å². The molecule has 0 atom stereocenters. The normalized spacial score (nSPS) is 19.4. The smallest absolute Gasteiger partial charge is 0.180 e. The van der Waals surface area contributed by atoms with Crippen molar-refractivity contribution in [1.82, 2.24) is 0 Å². The Morgan fingerprint density at radius 1 is 1.25 bits per heavy atom. The Morgan fingerprint density at radius 2 is 1.92 bits per heavy atom. The minimum absolute atomic E-state index is 0.0255. The average Bonchev–Trinajstić information content (AvgIpc) is 2.24. The highest BCUT2D eigenvalue weighted by molar-refractivity contribution is 5.57. The van der Waals surface area contributed by atoms with E-state index in [1.807, 2.05) is 0 Å². The lowest BCUT2D eigenvalue weighted by molar-refractivity contribution is -0.0302. The minimum atomic E-state index is -3.37. The van der Waals surface area contributed by atoms with Gasteiger partial charge in [-0.2, -0.15) is 8.78 Å². The van der Waals surface area contributed by atoms with E-state index in [2.05, 4.69) is 0 Å². The van der Waals surface area contributed by atoms with Gasteiger partial charge in [0.15, 0.2) is 0 Å². The molecule has 4 heteroatoms. The van der Waals surface area contributed by atoms with E-state index in [0.29, 0.717) is 5.56 Å². The van der Waals surface area contributed by atoms with E-state index in [4.69, 9.17) is 0 Å². The summed E-state index contributed by atoms with van der Waals surface area (Å²) in [7, 11) is 0. The SMILES string of the molecule is FN1c2ccccc2CC1(F)F. The molecular formula is C8H6F3N. The van der Waals surface area contributed by atoms with Crippen molar-refractivity contribution in [2.24, 2.45) is 0 Å². The van der Waals surface area contributed by atoms with Crippen molar-refractivity contribution < 1.29 is 13.3 Å². The monoisotopic (exact) mass is 173 g/mol. The molecule has 1 heterocycles. The Labute approximate surface area is 67.3 Å². The van der Waals surface area contributed by atoms with Gasteiger partial charge in [0.05, 0.1) is 12.1 Å². The van der Waals surface area contributed by atoms with Crippen molar-refractivity contribution in [1.29, 1.82) is 0 Å². The Bertz CT molecular complexity index is 311. The molecule has 2 rings (SSSR count). The second kappa shape index (κ2) is 2.15. The number of hydrogen-bond acceptors (Lipinski definition) is 1. The van der Waals surface area contributed by atoms with Crippen molar-refractivity contribution in [3.05, 3.63) is 29.8 Å². The van der Waals surface area contributed by atoms with Gasteiger partial charge in [-0.15, -0.1) is 5.12 Å². The van der Waals surface area contributed by atoms with Crippen molar-refractivity contribution in [2.45, 2.75) is 12.5 Å². The molecule has 0 saturated heterocycles. The summed E-state index contributed by atoms with van der Waals surface area (Å²) in [5.41, 5.74) is 0.326. The second-order valence-electron chi connectivity index (χ2n) is 2.75. The molecule has 0 fully saturated rings. The van der Waals surface area contributed by atoms with Crippen LogP contribution in [-0.4, -0.2) is 6.05 Å². The lowest BCUT2D eigenvalue weighted by Crippen LogP contribution is -2.31. The molecule has 12 heavy (non-hydrogen) atoms. The summed E-state index contributed by atoms with van der Waals surface area (Å²) in [5, 5.41) is -0.470. The van der Waals surface area contributed by atoms with Crippen LogP contribution in [0.1, 0.15) is 5.56 Å². The Balaban J connectivity index is 2.49. The molecule has 1 aromatic carbocycles. The molecule has 0 radical (unpaired) electrons. The summed E-state index contributed by atoms with van der Waals surface area (Å²) in [6.07, 6.45) is -0.542. The van der Waals surface area contributed by atoms with Gasteiger partial charge in [-0.3, -0.25) is 0 Å². The molecule has 1 aliphatic heterocycles. The van der Waals surface area contributed by atoms with E-state index < -0.39 is 17.6 Å². The van der Waals surface area contributed by atoms with Crippen LogP contribution < -0.4 is 5.12 Å². The maximum atomic E-state index is 12.8. The number of nitrogens with zero attached hydrogens (tertiary/aromatic N) is 1. The molecule has 1 aliphatic rings. The van der Waals surface area contributed by atoms with Gasteiger partial charge in [0.1, 0.15) is 0 Å². The van der Waals surface area contributed by atoms with Crippen molar-refractivity contribution in [3.8, 4) is 0 Å². The lowest BCUT2D eigenvalue weighted by Gasteiger charge is -2.15. The van der Waals surface area contributed by atoms with Crippen LogP contribution in [0.3, 0.4) is 0 Å². The van der Waals surface area contributed by atoms with E-state index in [0.717, 1.165) is 0 Å². The standard InChI is InChI=1S/C8H6F3N/c9-8(10)5-6-3-1-2-4-7(6)12(8)11/h1-4H,5H2. The number of hydrogen-bond donors (Lipinski definition) is 0. The van der Waals surface area contributed by atoms with Crippen LogP contribution in [0.2, 0.25) is 0 Å².